The molecule has 3 rings (SSSR count). The minimum Gasteiger partial charge on any atom is -0.299 e. The molecule has 1 amide bonds. The molecule has 1 aliphatic carbocycles. The number of anilines is 1. The van der Waals surface area contributed by atoms with Crippen molar-refractivity contribution < 1.29 is 13.2 Å². The molecule has 2 aromatic carbocycles. The predicted octanol–water partition coefficient (Wildman–Crippen LogP) is 4.64. The van der Waals surface area contributed by atoms with E-state index >= 15 is 0 Å². The predicted molar refractivity (Wildman–Crippen MR) is 120 cm³/mol. The fourth-order valence-corrected chi connectivity index (χ4v) is 4.59. The zero-order valence-corrected chi connectivity index (χ0v) is 18.6. The Bertz CT molecular complexity index is 1120. The summed E-state index contributed by atoms with van der Waals surface area (Å²) in [5.74, 6) is -0.436. The van der Waals surface area contributed by atoms with Crippen LogP contribution >= 0.6 is 11.6 Å². The van der Waals surface area contributed by atoms with E-state index in [0.29, 0.717) is 10.7 Å². The van der Waals surface area contributed by atoms with Crippen molar-refractivity contribution in [3.63, 3.8) is 0 Å². The lowest BCUT2D eigenvalue weighted by atomic mass is 9.81. The minimum absolute atomic E-state index is 0.00672. The van der Waals surface area contributed by atoms with Gasteiger partial charge in [-0.05, 0) is 67.3 Å². The van der Waals surface area contributed by atoms with E-state index in [1.807, 2.05) is 13.0 Å². The zero-order chi connectivity index (χ0) is 21.9. The van der Waals surface area contributed by atoms with Crippen molar-refractivity contribution in [2.75, 3.05) is 4.72 Å². The second kappa shape index (κ2) is 8.53. The van der Waals surface area contributed by atoms with Gasteiger partial charge in [0.2, 0.25) is 0 Å². The molecular weight excluding hydrogens is 422 g/mol. The van der Waals surface area contributed by atoms with Crippen LogP contribution < -0.4 is 15.6 Å². The number of benzene rings is 2. The molecule has 0 saturated heterocycles. The van der Waals surface area contributed by atoms with Crippen LogP contribution in [0.4, 0.5) is 5.69 Å². The summed E-state index contributed by atoms with van der Waals surface area (Å²) in [6.07, 6.45) is 4.98. The average Bonchev–Trinajstić information content (AvgIpc) is 2.66. The number of rotatable bonds is 6. The molecule has 1 aliphatic rings. The Balaban J connectivity index is 1.72. The van der Waals surface area contributed by atoms with Crippen LogP contribution in [-0.4, -0.2) is 14.3 Å². The maximum Gasteiger partial charge on any atom is 0.269 e. The van der Waals surface area contributed by atoms with Crippen LogP contribution in [0.2, 0.25) is 5.02 Å². The van der Waals surface area contributed by atoms with Crippen molar-refractivity contribution >= 4 is 33.2 Å². The third kappa shape index (κ3) is 5.64. The molecule has 0 aromatic heterocycles. The second-order valence-corrected chi connectivity index (χ2v) is 10.1. The summed E-state index contributed by atoms with van der Waals surface area (Å²) in [5.41, 5.74) is 8.15. The molecule has 0 fully saturated rings. The number of carbonyl (C=O) groups is 1. The lowest BCUT2D eigenvalue weighted by Gasteiger charge is -2.27. The van der Waals surface area contributed by atoms with Crippen molar-refractivity contribution in [2.45, 2.75) is 32.1 Å². The second-order valence-electron chi connectivity index (χ2n) is 7.98. The fourth-order valence-electron chi connectivity index (χ4n) is 3.36. The van der Waals surface area contributed by atoms with Gasteiger partial charge < -0.3 is 0 Å². The van der Waals surface area contributed by atoms with Crippen LogP contribution in [-0.2, 0) is 10.0 Å². The molecule has 2 aromatic rings. The topological polar surface area (TPSA) is 87.3 Å². The highest BCUT2D eigenvalue weighted by atomic mass is 35.5. The van der Waals surface area contributed by atoms with Crippen LogP contribution in [0, 0.1) is 5.41 Å². The Labute approximate surface area is 182 Å². The van der Waals surface area contributed by atoms with E-state index in [9.17, 15) is 13.2 Å². The van der Waals surface area contributed by atoms with Crippen LogP contribution in [0.3, 0.4) is 0 Å². The molecule has 3 N–H and O–H groups in total. The number of halogens is 1. The molecule has 0 aliphatic heterocycles. The molecule has 0 radical (unpaired) electrons. The first-order valence-corrected chi connectivity index (χ1v) is 11.3. The third-order valence-corrected chi connectivity index (χ3v) is 6.14. The Morgan fingerprint density at radius 3 is 2.47 bits per heavy atom. The summed E-state index contributed by atoms with van der Waals surface area (Å²) >= 11 is 5.83. The van der Waals surface area contributed by atoms with Gasteiger partial charge in [0.05, 0.1) is 10.6 Å². The van der Waals surface area contributed by atoms with E-state index in [1.165, 1.54) is 23.8 Å². The van der Waals surface area contributed by atoms with Crippen molar-refractivity contribution in [2.24, 2.45) is 5.41 Å². The molecular formula is C22H24ClN3O3S. The van der Waals surface area contributed by atoms with Crippen molar-refractivity contribution in [3.8, 4) is 0 Å². The van der Waals surface area contributed by atoms with E-state index < -0.39 is 15.9 Å². The maximum absolute atomic E-state index is 12.7. The Morgan fingerprint density at radius 2 is 1.80 bits per heavy atom. The minimum atomic E-state index is -3.85. The summed E-state index contributed by atoms with van der Waals surface area (Å²) in [5, 5.41) is 0.505. The Morgan fingerprint density at radius 1 is 1.10 bits per heavy atom. The number of hydrogen-bond acceptors (Lipinski definition) is 4. The van der Waals surface area contributed by atoms with E-state index in [2.05, 4.69) is 35.5 Å². The van der Waals surface area contributed by atoms with Crippen molar-refractivity contribution in [1.29, 1.82) is 0 Å². The first-order valence-electron chi connectivity index (χ1n) is 9.39. The van der Waals surface area contributed by atoms with Gasteiger partial charge in [0.25, 0.3) is 15.9 Å². The van der Waals surface area contributed by atoms with Crippen LogP contribution in [0.5, 0.6) is 0 Å². The molecule has 0 unspecified atom stereocenters. The molecule has 0 bridgehead atoms. The fraction of sp³-hybridized carbons (Fsp3) is 0.227. The van der Waals surface area contributed by atoms with Gasteiger partial charge in [0.15, 0.2) is 0 Å². The summed E-state index contributed by atoms with van der Waals surface area (Å²) in [6.45, 7) is 6.28. The number of nitrogens with one attached hydrogen (secondary N) is 3. The number of allylic oxidation sites excluding steroid dienone is 3. The summed E-state index contributed by atoms with van der Waals surface area (Å²) in [6, 6.07) is 12.1. The Hall–Kier alpha value is -2.77. The quantitative estimate of drug-likeness (QED) is 0.565. The highest BCUT2D eigenvalue weighted by molar-refractivity contribution is 7.92. The van der Waals surface area contributed by atoms with Crippen LogP contribution in [0.1, 0.15) is 37.6 Å². The first kappa shape index (κ1) is 21.9. The zero-order valence-electron chi connectivity index (χ0n) is 17.0. The molecule has 0 spiro atoms. The molecule has 0 heterocycles. The largest absolute Gasteiger partial charge is 0.299 e. The lowest BCUT2D eigenvalue weighted by molar-refractivity contribution is 0.0939. The standard InChI is InChI=1S/C22H24ClN3O3S/c1-15-11-19(14-22(2,3)13-15)24-25-21(27)16-5-4-6-20(12-16)30(28,29)26-18-9-7-17(23)8-10-18/h4-12,14,24,26H,13H2,1-3H3,(H,25,27). The van der Waals surface area contributed by atoms with Crippen LogP contribution in [0.15, 0.2) is 76.8 Å². The van der Waals surface area contributed by atoms with Gasteiger partial charge in [0.1, 0.15) is 0 Å². The number of sulfonamides is 1. The molecule has 8 heteroatoms. The smallest absolute Gasteiger partial charge is 0.269 e. The van der Waals surface area contributed by atoms with E-state index in [1.54, 1.807) is 30.3 Å². The molecule has 158 valence electrons. The van der Waals surface area contributed by atoms with E-state index in [-0.39, 0.29) is 15.9 Å². The van der Waals surface area contributed by atoms with Gasteiger partial charge in [-0.3, -0.25) is 20.4 Å². The lowest BCUT2D eigenvalue weighted by Crippen LogP contribution is -2.37. The number of carbonyl (C=O) groups excluding carboxylic acids is 1. The number of hydrogen-bond donors (Lipinski definition) is 3. The average molecular weight is 446 g/mol. The maximum atomic E-state index is 12.7. The summed E-state index contributed by atoms with van der Waals surface area (Å²) < 4.78 is 27.8. The summed E-state index contributed by atoms with van der Waals surface area (Å²) in [4.78, 5) is 12.5. The van der Waals surface area contributed by atoms with Gasteiger partial charge in [-0.1, -0.05) is 43.2 Å². The number of amides is 1. The molecule has 30 heavy (non-hydrogen) atoms. The highest BCUT2D eigenvalue weighted by Gasteiger charge is 2.21. The SMILES string of the molecule is CC1=CC(NNC(=O)c2cccc(S(=O)(=O)Nc3ccc(Cl)cc3)c2)=CC(C)(C)C1. The monoisotopic (exact) mass is 445 g/mol. The van der Waals surface area contributed by atoms with Gasteiger partial charge in [0, 0.05) is 16.3 Å². The van der Waals surface area contributed by atoms with Crippen LogP contribution in [0.25, 0.3) is 0 Å². The Kier molecular flexibility index (Phi) is 6.24. The molecule has 0 atom stereocenters. The van der Waals surface area contributed by atoms with Crippen molar-refractivity contribution in [1.82, 2.24) is 10.9 Å². The van der Waals surface area contributed by atoms with Gasteiger partial charge in [-0.25, -0.2) is 8.42 Å². The number of hydrazine groups is 1. The molecule has 6 nitrogen and oxygen atoms in total. The summed E-state index contributed by atoms with van der Waals surface area (Å²) in [7, 11) is -3.85. The highest BCUT2D eigenvalue weighted by Crippen LogP contribution is 2.31. The normalized spacial score (nSPS) is 15.6. The van der Waals surface area contributed by atoms with E-state index in [0.717, 1.165) is 12.1 Å². The third-order valence-electron chi connectivity index (χ3n) is 4.51. The van der Waals surface area contributed by atoms with Gasteiger partial charge in [-0.15, -0.1) is 0 Å². The van der Waals surface area contributed by atoms with E-state index in [4.69, 9.17) is 11.6 Å². The van der Waals surface area contributed by atoms with Gasteiger partial charge in [-0.2, -0.15) is 0 Å². The molecule has 0 saturated carbocycles. The van der Waals surface area contributed by atoms with Crippen molar-refractivity contribution in [3.05, 3.63) is 82.5 Å². The van der Waals surface area contributed by atoms with Gasteiger partial charge >= 0.3 is 0 Å². The first-order chi connectivity index (χ1) is 14.0.